The Bertz CT molecular complexity index is 541. The van der Waals surface area contributed by atoms with E-state index in [0.717, 1.165) is 19.5 Å². The van der Waals surface area contributed by atoms with Gasteiger partial charge in [0.25, 0.3) is 0 Å². The zero-order chi connectivity index (χ0) is 13.8. The second-order valence-corrected chi connectivity index (χ2v) is 5.43. The fraction of sp³-hybridized carbons (Fsp3) is 0.438. The summed E-state index contributed by atoms with van der Waals surface area (Å²) in [6.45, 7) is 2.03. The monoisotopic (exact) mass is 271 g/mol. The maximum Gasteiger partial charge on any atom is 0.115 e. The Morgan fingerprint density at radius 3 is 2.85 bits per heavy atom. The van der Waals surface area contributed by atoms with Crippen LogP contribution < -0.4 is 5.32 Å². The number of rotatable bonds is 4. The molecule has 0 radical (unpaired) electrons. The van der Waals surface area contributed by atoms with E-state index in [9.17, 15) is 5.11 Å². The molecule has 4 heteroatoms. The normalized spacial score (nSPS) is 19.1. The molecule has 0 aliphatic carbocycles. The maximum atomic E-state index is 9.30. The molecule has 0 saturated carbocycles. The number of hydrogen-bond donors (Lipinski definition) is 2. The number of nitrogens with zero attached hydrogens (tertiary/aromatic N) is 2. The van der Waals surface area contributed by atoms with E-state index in [1.807, 2.05) is 24.7 Å². The number of hydrogen-bond acceptors (Lipinski definition) is 3. The van der Waals surface area contributed by atoms with Crippen molar-refractivity contribution in [1.29, 1.82) is 0 Å². The molecule has 1 aromatic heterocycles. The number of aryl methyl sites for hydroxylation is 2. The second kappa shape index (κ2) is 6.09. The Morgan fingerprint density at radius 1 is 1.25 bits per heavy atom. The van der Waals surface area contributed by atoms with Crippen molar-refractivity contribution < 1.29 is 5.11 Å². The summed E-state index contributed by atoms with van der Waals surface area (Å²) in [6, 6.07) is 7.89. The van der Waals surface area contributed by atoms with E-state index in [1.54, 1.807) is 12.1 Å². The SMILES string of the molecule is Oc1ccc(CCn2cncc2C2CCCCN2)cc1. The van der Waals surface area contributed by atoms with Gasteiger partial charge in [-0.15, -0.1) is 0 Å². The summed E-state index contributed by atoms with van der Waals surface area (Å²) < 4.78 is 2.25. The highest BCUT2D eigenvalue weighted by molar-refractivity contribution is 5.26. The second-order valence-electron chi connectivity index (χ2n) is 5.43. The Kier molecular flexibility index (Phi) is 4.02. The Labute approximate surface area is 119 Å². The molecule has 1 saturated heterocycles. The third-order valence-corrected chi connectivity index (χ3v) is 3.99. The molecule has 1 unspecified atom stereocenters. The molecule has 1 aromatic carbocycles. The van der Waals surface area contributed by atoms with Crippen LogP contribution in [0.2, 0.25) is 0 Å². The minimum absolute atomic E-state index is 0.323. The maximum absolute atomic E-state index is 9.30. The minimum atomic E-state index is 0.323. The van der Waals surface area contributed by atoms with Crippen LogP contribution in [-0.2, 0) is 13.0 Å². The predicted octanol–water partition coefficient (Wildman–Crippen LogP) is 2.65. The number of imidazole rings is 1. The van der Waals surface area contributed by atoms with Gasteiger partial charge < -0.3 is 15.0 Å². The molecule has 4 nitrogen and oxygen atoms in total. The zero-order valence-corrected chi connectivity index (χ0v) is 11.6. The van der Waals surface area contributed by atoms with Crippen LogP contribution >= 0.6 is 0 Å². The van der Waals surface area contributed by atoms with Gasteiger partial charge in [0, 0.05) is 18.8 Å². The Hall–Kier alpha value is -1.81. The lowest BCUT2D eigenvalue weighted by Gasteiger charge is -2.24. The third kappa shape index (κ3) is 3.02. The molecule has 0 spiro atoms. The summed E-state index contributed by atoms with van der Waals surface area (Å²) in [5.74, 6) is 0.323. The van der Waals surface area contributed by atoms with Gasteiger partial charge in [-0.1, -0.05) is 18.6 Å². The topological polar surface area (TPSA) is 50.1 Å². The molecule has 1 aliphatic rings. The molecule has 1 aliphatic heterocycles. The van der Waals surface area contributed by atoms with Crippen LogP contribution in [0.5, 0.6) is 5.75 Å². The fourth-order valence-corrected chi connectivity index (χ4v) is 2.82. The third-order valence-electron chi connectivity index (χ3n) is 3.99. The molecule has 1 atom stereocenters. The summed E-state index contributed by atoms with van der Waals surface area (Å²) in [5.41, 5.74) is 2.53. The van der Waals surface area contributed by atoms with Crippen LogP contribution in [0.3, 0.4) is 0 Å². The van der Waals surface area contributed by atoms with Gasteiger partial charge in [0.05, 0.1) is 12.0 Å². The smallest absolute Gasteiger partial charge is 0.115 e. The van der Waals surface area contributed by atoms with Crippen LogP contribution in [0.1, 0.15) is 36.6 Å². The first kappa shape index (κ1) is 13.2. The van der Waals surface area contributed by atoms with E-state index in [4.69, 9.17) is 0 Å². The van der Waals surface area contributed by atoms with E-state index >= 15 is 0 Å². The van der Waals surface area contributed by atoms with Gasteiger partial charge in [-0.3, -0.25) is 0 Å². The standard InChI is InChI=1S/C16H21N3O/c20-14-6-4-13(5-7-14)8-10-19-12-17-11-16(19)15-3-1-2-9-18-15/h4-7,11-12,15,18,20H,1-3,8-10H2. The van der Waals surface area contributed by atoms with Crippen molar-refractivity contribution in [2.45, 2.75) is 38.3 Å². The average Bonchev–Trinajstić information content (AvgIpc) is 2.96. The number of piperidine rings is 1. The quantitative estimate of drug-likeness (QED) is 0.899. The molecule has 0 bridgehead atoms. The molecular weight excluding hydrogens is 250 g/mol. The summed E-state index contributed by atoms with van der Waals surface area (Å²) in [7, 11) is 0. The van der Waals surface area contributed by atoms with Crippen molar-refractivity contribution in [3.63, 3.8) is 0 Å². The van der Waals surface area contributed by atoms with Gasteiger partial charge in [-0.2, -0.15) is 0 Å². The van der Waals surface area contributed by atoms with Gasteiger partial charge in [0.15, 0.2) is 0 Å². The number of nitrogens with one attached hydrogen (secondary N) is 1. The molecule has 2 N–H and O–H groups in total. The highest BCUT2D eigenvalue weighted by atomic mass is 16.3. The molecule has 20 heavy (non-hydrogen) atoms. The van der Waals surface area contributed by atoms with Gasteiger partial charge in [0.1, 0.15) is 5.75 Å². The predicted molar refractivity (Wildman–Crippen MR) is 78.6 cm³/mol. The summed E-state index contributed by atoms with van der Waals surface area (Å²) in [6.07, 6.45) is 8.63. The van der Waals surface area contributed by atoms with Gasteiger partial charge >= 0.3 is 0 Å². The number of benzene rings is 1. The Morgan fingerprint density at radius 2 is 2.10 bits per heavy atom. The number of phenolic OH excluding ortho intramolecular Hbond substituents is 1. The van der Waals surface area contributed by atoms with Crippen molar-refractivity contribution in [2.24, 2.45) is 0 Å². The van der Waals surface area contributed by atoms with E-state index in [2.05, 4.69) is 14.9 Å². The van der Waals surface area contributed by atoms with E-state index < -0.39 is 0 Å². The Balaban J connectivity index is 1.65. The number of aromatic nitrogens is 2. The van der Waals surface area contributed by atoms with Gasteiger partial charge in [-0.25, -0.2) is 4.98 Å². The number of phenols is 1. The van der Waals surface area contributed by atoms with Gasteiger partial charge in [0.2, 0.25) is 0 Å². The minimum Gasteiger partial charge on any atom is -0.508 e. The van der Waals surface area contributed by atoms with Crippen LogP contribution in [-0.4, -0.2) is 21.2 Å². The molecule has 106 valence electrons. The molecule has 2 heterocycles. The first-order valence-corrected chi connectivity index (χ1v) is 7.34. The lowest BCUT2D eigenvalue weighted by molar-refractivity contribution is 0.393. The van der Waals surface area contributed by atoms with Crippen molar-refractivity contribution >= 4 is 0 Å². The van der Waals surface area contributed by atoms with E-state index in [0.29, 0.717) is 11.8 Å². The lowest BCUT2D eigenvalue weighted by Crippen LogP contribution is -2.28. The van der Waals surface area contributed by atoms with Crippen molar-refractivity contribution in [3.05, 3.63) is 48.0 Å². The van der Waals surface area contributed by atoms with Crippen LogP contribution in [0.25, 0.3) is 0 Å². The van der Waals surface area contributed by atoms with Crippen LogP contribution in [0.15, 0.2) is 36.8 Å². The largest absolute Gasteiger partial charge is 0.508 e. The molecule has 1 fully saturated rings. The van der Waals surface area contributed by atoms with Crippen molar-refractivity contribution in [3.8, 4) is 5.75 Å². The fourth-order valence-electron chi connectivity index (χ4n) is 2.82. The van der Waals surface area contributed by atoms with E-state index in [-0.39, 0.29) is 0 Å². The highest BCUT2D eigenvalue weighted by Gasteiger charge is 2.18. The molecule has 3 rings (SSSR count). The van der Waals surface area contributed by atoms with Crippen LogP contribution in [0, 0.1) is 0 Å². The van der Waals surface area contributed by atoms with Crippen molar-refractivity contribution in [2.75, 3.05) is 6.54 Å². The first-order chi connectivity index (χ1) is 9.83. The average molecular weight is 271 g/mol. The molecule has 0 amide bonds. The lowest BCUT2D eigenvalue weighted by atomic mass is 10.0. The van der Waals surface area contributed by atoms with E-state index in [1.165, 1.54) is 30.5 Å². The van der Waals surface area contributed by atoms with Gasteiger partial charge in [-0.05, 0) is 43.5 Å². The van der Waals surface area contributed by atoms with Crippen molar-refractivity contribution in [1.82, 2.24) is 14.9 Å². The summed E-state index contributed by atoms with van der Waals surface area (Å²) >= 11 is 0. The summed E-state index contributed by atoms with van der Waals surface area (Å²) in [5, 5.41) is 12.9. The number of aromatic hydroxyl groups is 1. The molecule has 2 aromatic rings. The zero-order valence-electron chi connectivity index (χ0n) is 11.6. The first-order valence-electron chi connectivity index (χ1n) is 7.34. The summed E-state index contributed by atoms with van der Waals surface area (Å²) in [4.78, 5) is 4.31. The van der Waals surface area contributed by atoms with Crippen LogP contribution in [0.4, 0.5) is 0 Å². The molecular formula is C16H21N3O. The highest BCUT2D eigenvalue weighted by Crippen LogP contribution is 2.22.